The highest BCUT2D eigenvalue weighted by atomic mass is 35.5. The number of benzene rings is 1. The lowest BCUT2D eigenvalue weighted by atomic mass is 10.0. The lowest BCUT2D eigenvalue weighted by molar-refractivity contribution is 0.0696. The van der Waals surface area contributed by atoms with Gasteiger partial charge in [0.15, 0.2) is 0 Å². The van der Waals surface area contributed by atoms with E-state index in [1.165, 1.54) is 0 Å². The molecule has 0 atom stereocenters. The second-order valence-electron chi connectivity index (χ2n) is 4.31. The van der Waals surface area contributed by atoms with Gasteiger partial charge in [0, 0.05) is 23.9 Å². The molecule has 0 amide bonds. The van der Waals surface area contributed by atoms with Crippen LogP contribution in [0.3, 0.4) is 0 Å². The van der Waals surface area contributed by atoms with Crippen LogP contribution in [0.25, 0.3) is 0 Å². The Morgan fingerprint density at radius 2 is 2.17 bits per heavy atom. The summed E-state index contributed by atoms with van der Waals surface area (Å²) in [5.74, 6) is 0.686. The maximum absolute atomic E-state index is 11.0. The topological polar surface area (TPSA) is 46.5 Å². The van der Waals surface area contributed by atoms with Crippen molar-refractivity contribution in [2.24, 2.45) is 5.92 Å². The van der Waals surface area contributed by atoms with Gasteiger partial charge in [-0.1, -0.05) is 11.6 Å². The Kier molecular flexibility index (Phi) is 4.92. The van der Waals surface area contributed by atoms with E-state index in [9.17, 15) is 4.79 Å². The molecule has 98 valence electrons. The first-order chi connectivity index (χ1) is 8.66. The zero-order valence-corrected chi connectivity index (χ0v) is 11.5. The molecule has 0 aliphatic carbocycles. The molecule has 1 saturated heterocycles. The molecule has 0 aromatic heterocycles. The number of carboxylic acids is 1. The Morgan fingerprint density at radius 3 is 2.83 bits per heavy atom. The van der Waals surface area contributed by atoms with Crippen molar-refractivity contribution in [3.05, 3.63) is 28.8 Å². The summed E-state index contributed by atoms with van der Waals surface area (Å²) >= 11 is 7.52. The van der Waals surface area contributed by atoms with Gasteiger partial charge in [-0.2, -0.15) is 0 Å². The summed E-state index contributed by atoms with van der Waals surface area (Å²) in [6, 6.07) is 5.17. The molecule has 0 radical (unpaired) electrons. The number of carbonyl (C=O) groups is 1. The Morgan fingerprint density at radius 1 is 1.44 bits per heavy atom. The number of hydrogen-bond acceptors (Lipinski definition) is 3. The highest BCUT2D eigenvalue weighted by Gasteiger charge is 2.15. The normalized spacial score (nSPS) is 16.7. The van der Waals surface area contributed by atoms with E-state index in [1.54, 1.807) is 23.9 Å². The zero-order chi connectivity index (χ0) is 13.0. The Balaban J connectivity index is 1.96. The van der Waals surface area contributed by atoms with Crippen molar-refractivity contribution in [2.75, 3.05) is 19.0 Å². The molecule has 0 spiro atoms. The van der Waals surface area contributed by atoms with Gasteiger partial charge >= 0.3 is 5.97 Å². The molecule has 1 aromatic rings. The minimum absolute atomic E-state index is 0.175. The molecular weight excluding hydrogens is 272 g/mol. The molecule has 2 rings (SSSR count). The molecule has 1 aliphatic heterocycles. The molecule has 0 unspecified atom stereocenters. The fourth-order valence-corrected chi connectivity index (χ4v) is 3.21. The number of aromatic carboxylic acids is 1. The van der Waals surface area contributed by atoms with E-state index in [0.29, 0.717) is 5.92 Å². The van der Waals surface area contributed by atoms with Gasteiger partial charge in [0.05, 0.1) is 10.6 Å². The van der Waals surface area contributed by atoms with E-state index >= 15 is 0 Å². The third-order valence-electron chi connectivity index (χ3n) is 2.99. The van der Waals surface area contributed by atoms with Crippen molar-refractivity contribution in [2.45, 2.75) is 17.7 Å². The van der Waals surface area contributed by atoms with Gasteiger partial charge in [-0.05, 0) is 37.0 Å². The van der Waals surface area contributed by atoms with Crippen LogP contribution in [-0.2, 0) is 4.74 Å². The molecule has 18 heavy (non-hydrogen) atoms. The van der Waals surface area contributed by atoms with E-state index in [0.717, 1.165) is 36.7 Å². The first-order valence-corrected chi connectivity index (χ1v) is 7.26. The summed E-state index contributed by atoms with van der Waals surface area (Å²) in [5, 5.41) is 9.29. The highest BCUT2D eigenvalue weighted by Crippen LogP contribution is 2.28. The maximum Gasteiger partial charge on any atom is 0.337 e. The van der Waals surface area contributed by atoms with E-state index in [-0.39, 0.29) is 10.6 Å². The van der Waals surface area contributed by atoms with Crippen LogP contribution in [0.5, 0.6) is 0 Å². The molecule has 5 heteroatoms. The third-order valence-corrected chi connectivity index (χ3v) is 4.55. The summed E-state index contributed by atoms with van der Waals surface area (Å²) in [7, 11) is 0. The molecule has 1 heterocycles. The predicted molar refractivity (Wildman–Crippen MR) is 72.7 cm³/mol. The summed E-state index contributed by atoms with van der Waals surface area (Å²) in [4.78, 5) is 11.9. The zero-order valence-electron chi connectivity index (χ0n) is 9.89. The molecule has 1 aromatic carbocycles. The number of ether oxygens (including phenoxy) is 1. The predicted octanol–water partition coefficient (Wildman–Crippen LogP) is 3.56. The standard InChI is InChI=1S/C13H15ClO3S/c14-12-2-1-10(7-11(12)13(15)16)18-8-9-3-5-17-6-4-9/h1-2,7,9H,3-6,8H2,(H,15,16). The number of rotatable bonds is 4. The summed E-state index contributed by atoms with van der Waals surface area (Å²) in [5.41, 5.74) is 0.175. The Bertz CT molecular complexity index is 430. The Hall–Kier alpha value is -0.710. The lowest BCUT2D eigenvalue weighted by Gasteiger charge is -2.21. The van der Waals surface area contributed by atoms with Crippen LogP contribution in [0.4, 0.5) is 0 Å². The minimum Gasteiger partial charge on any atom is -0.478 e. The molecule has 1 aliphatic rings. The number of thioether (sulfide) groups is 1. The largest absolute Gasteiger partial charge is 0.478 e. The van der Waals surface area contributed by atoms with Gasteiger partial charge in [0.25, 0.3) is 0 Å². The maximum atomic E-state index is 11.0. The molecular formula is C13H15ClO3S. The van der Waals surface area contributed by atoms with E-state index in [1.807, 2.05) is 6.07 Å². The fourth-order valence-electron chi connectivity index (χ4n) is 1.89. The monoisotopic (exact) mass is 286 g/mol. The second-order valence-corrected chi connectivity index (χ2v) is 5.81. The minimum atomic E-state index is -0.978. The van der Waals surface area contributed by atoms with Gasteiger partial charge in [-0.15, -0.1) is 11.8 Å². The van der Waals surface area contributed by atoms with Crippen molar-refractivity contribution in [1.29, 1.82) is 0 Å². The molecule has 3 nitrogen and oxygen atoms in total. The molecule has 0 saturated carbocycles. The quantitative estimate of drug-likeness (QED) is 0.860. The van der Waals surface area contributed by atoms with E-state index in [2.05, 4.69) is 0 Å². The van der Waals surface area contributed by atoms with Crippen molar-refractivity contribution >= 4 is 29.3 Å². The molecule has 1 fully saturated rings. The number of carboxylic acid groups (broad SMARTS) is 1. The van der Waals surface area contributed by atoms with E-state index < -0.39 is 5.97 Å². The van der Waals surface area contributed by atoms with Crippen molar-refractivity contribution < 1.29 is 14.6 Å². The summed E-state index contributed by atoms with van der Waals surface area (Å²) in [6.45, 7) is 1.68. The summed E-state index contributed by atoms with van der Waals surface area (Å²) in [6.07, 6.45) is 2.18. The van der Waals surface area contributed by atoms with Crippen molar-refractivity contribution in [3.63, 3.8) is 0 Å². The van der Waals surface area contributed by atoms with Gasteiger partial charge in [-0.25, -0.2) is 4.79 Å². The van der Waals surface area contributed by atoms with Gasteiger partial charge in [-0.3, -0.25) is 0 Å². The number of halogens is 1. The van der Waals surface area contributed by atoms with Crippen LogP contribution in [0, 0.1) is 5.92 Å². The first kappa shape index (κ1) is 13.7. The highest BCUT2D eigenvalue weighted by molar-refractivity contribution is 7.99. The van der Waals surface area contributed by atoms with Crippen LogP contribution >= 0.6 is 23.4 Å². The van der Waals surface area contributed by atoms with Gasteiger partial charge < -0.3 is 9.84 Å². The van der Waals surface area contributed by atoms with Crippen LogP contribution in [0.2, 0.25) is 5.02 Å². The van der Waals surface area contributed by atoms with Crippen molar-refractivity contribution in [3.8, 4) is 0 Å². The van der Waals surface area contributed by atoms with Gasteiger partial charge in [0.1, 0.15) is 0 Å². The van der Waals surface area contributed by atoms with Crippen molar-refractivity contribution in [1.82, 2.24) is 0 Å². The van der Waals surface area contributed by atoms with Crippen LogP contribution in [0.1, 0.15) is 23.2 Å². The fraction of sp³-hybridized carbons (Fsp3) is 0.462. The van der Waals surface area contributed by atoms with E-state index in [4.69, 9.17) is 21.4 Å². The average Bonchev–Trinajstić information content (AvgIpc) is 2.38. The van der Waals surface area contributed by atoms with Crippen LogP contribution in [-0.4, -0.2) is 30.0 Å². The lowest BCUT2D eigenvalue weighted by Crippen LogP contribution is -2.17. The smallest absolute Gasteiger partial charge is 0.337 e. The van der Waals surface area contributed by atoms with Crippen LogP contribution in [0.15, 0.2) is 23.1 Å². The summed E-state index contributed by atoms with van der Waals surface area (Å²) < 4.78 is 5.31. The molecule has 0 bridgehead atoms. The average molecular weight is 287 g/mol. The second kappa shape index (κ2) is 6.45. The Labute approximate surface area is 115 Å². The third kappa shape index (κ3) is 3.64. The number of hydrogen-bond donors (Lipinski definition) is 1. The van der Waals surface area contributed by atoms with Gasteiger partial charge in [0.2, 0.25) is 0 Å². The molecule has 1 N–H and O–H groups in total. The SMILES string of the molecule is O=C(O)c1cc(SCC2CCOCC2)ccc1Cl. The first-order valence-electron chi connectivity index (χ1n) is 5.90. The van der Waals surface area contributed by atoms with Crippen LogP contribution < -0.4 is 0 Å².